The van der Waals surface area contributed by atoms with Crippen molar-refractivity contribution in [3.8, 4) is 17.2 Å². The summed E-state index contributed by atoms with van der Waals surface area (Å²) in [7, 11) is 1.49. The highest BCUT2D eigenvalue weighted by Crippen LogP contribution is 2.24. The highest BCUT2D eigenvalue weighted by molar-refractivity contribution is 6.10. The van der Waals surface area contributed by atoms with Crippen LogP contribution in [0.15, 0.2) is 54.6 Å². The molecule has 25 heavy (non-hydrogen) atoms. The zero-order valence-electron chi connectivity index (χ0n) is 13.7. The van der Waals surface area contributed by atoms with E-state index < -0.39 is 0 Å². The van der Waals surface area contributed by atoms with Gasteiger partial charge in [0, 0.05) is 5.56 Å². The second-order valence-electron chi connectivity index (χ2n) is 5.29. The van der Waals surface area contributed by atoms with Crippen LogP contribution in [-0.2, 0) is 9.59 Å². The molecule has 0 aliphatic rings. The van der Waals surface area contributed by atoms with Gasteiger partial charge in [-0.1, -0.05) is 18.2 Å². The van der Waals surface area contributed by atoms with Gasteiger partial charge in [0.2, 0.25) is 0 Å². The van der Waals surface area contributed by atoms with Crippen molar-refractivity contribution < 1.29 is 24.5 Å². The number of phenols is 2. The number of ether oxygens (including phenoxy) is 1. The molecular formula is C20H18O5. The van der Waals surface area contributed by atoms with Crippen molar-refractivity contribution >= 4 is 23.7 Å². The summed E-state index contributed by atoms with van der Waals surface area (Å²) in [6.07, 6.45) is 5.43. The van der Waals surface area contributed by atoms with Crippen LogP contribution in [0.2, 0.25) is 0 Å². The van der Waals surface area contributed by atoms with Crippen LogP contribution >= 0.6 is 0 Å². The fourth-order valence-electron chi connectivity index (χ4n) is 2.10. The molecule has 0 spiro atoms. The molecule has 0 aliphatic carbocycles. The number of rotatable bonds is 7. The van der Waals surface area contributed by atoms with Crippen molar-refractivity contribution in [2.45, 2.75) is 6.42 Å². The highest BCUT2D eigenvalue weighted by Gasteiger charge is 2.05. The third-order valence-corrected chi connectivity index (χ3v) is 3.37. The zero-order valence-corrected chi connectivity index (χ0v) is 13.7. The van der Waals surface area contributed by atoms with E-state index in [1.54, 1.807) is 24.3 Å². The van der Waals surface area contributed by atoms with Gasteiger partial charge in [-0.25, -0.2) is 0 Å². The minimum absolute atomic E-state index is 0.0563. The maximum Gasteiger partial charge on any atom is 0.163 e. The Kier molecular flexibility index (Phi) is 6.12. The number of methoxy groups -OCH3 is 1. The Morgan fingerprint density at radius 3 is 2.16 bits per heavy atom. The molecule has 0 amide bonds. The minimum atomic E-state index is -0.356. The summed E-state index contributed by atoms with van der Waals surface area (Å²) in [6, 6.07) is 10.9. The number of ketones is 2. The average Bonchev–Trinajstić information content (AvgIpc) is 2.59. The second-order valence-corrected chi connectivity index (χ2v) is 5.29. The molecule has 2 aromatic carbocycles. The van der Waals surface area contributed by atoms with Crippen LogP contribution in [-0.4, -0.2) is 28.9 Å². The lowest BCUT2D eigenvalue weighted by atomic mass is 10.1. The van der Waals surface area contributed by atoms with Crippen molar-refractivity contribution in [2.75, 3.05) is 7.11 Å². The van der Waals surface area contributed by atoms with Gasteiger partial charge in [-0.15, -0.1) is 0 Å². The molecule has 0 atom stereocenters. The van der Waals surface area contributed by atoms with Gasteiger partial charge >= 0.3 is 0 Å². The van der Waals surface area contributed by atoms with Gasteiger partial charge in [0.1, 0.15) is 17.2 Å². The lowest BCUT2D eigenvalue weighted by molar-refractivity contribution is -0.121. The van der Waals surface area contributed by atoms with Gasteiger partial charge in [0.15, 0.2) is 11.6 Å². The van der Waals surface area contributed by atoms with Gasteiger partial charge in [0.25, 0.3) is 0 Å². The first kappa shape index (κ1) is 18.0. The van der Waals surface area contributed by atoms with Crippen molar-refractivity contribution in [1.29, 1.82) is 0 Å². The number of carbonyl (C=O) groups is 2. The normalized spacial score (nSPS) is 11.1. The zero-order chi connectivity index (χ0) is 18.2. The summed E-state index contributed by atoms with van der Waals surface area (Å²) in [5.41, 5.74) is 1.29. The van der Waals surface area contributed by atoms with Gasteiger partial charge in [0.05, 0.1) is 13.5 Å². The molecule has 2 N–H and O–H groups in total. The molecule has 0 bridgehead atoms. The number of hydrogen-bond acceptors (Lipinski definition) is 5. The van der Waals surface area contributed by atoms with Gasteiger partial charge in [-0.2, -0.15) is 0 Å². The maximum absolute atomic E-state index is 11.9. The number of phenolic OH excluding ortho intramolecular Hbond substituents is 2. The van der Waals surface area contributed by atoms with Gasteiger partial charge < -0.3 is 14.9 Å². The molecule has 0 radical (unpaired) electrons. The maximum atomic E-state index is 11.9. The van der Waals surface area contributed by atoms with Crippen LogP contribution in [0.3, 0.4) is 0 Å². The van der Waals surface area contributed by atoms with E-state index in [0.29, 0.717) is 11.3 Å². The standard InChI is InChI=1S/C20H18O5/c1-25-20-11-10-17(22)12-15(20)5-9-19(24)13-18(23)8-4-14-2-6-16(21)7-3-14/h2-12,21-22H,13H2,1H3/b8-4+,9-5+. The summed E-state index contributed by atoms with van der Waals surface area (Å²) >= 11 is 0. The molecular weight excluding hydrogens is 320 g/mol. The Morgan fingerprint density at radius 2 is 1.52 bits per heavy atom. The molecule has 5 heteroatoms. The average molecular weight is 338 g/mol. The molecule has 128 valence electrons. The predicted octanol–water partition coefficient (Wildman–Crippen LogP) is 3.36. The molecule has 0 saturated carbocycles. The third kappa shape index (κ3) is 5.66. The van der Waals surface area contributed by atoms with E-state index in [1.807, 2.05) is 0 Å². The molecule has 0 heterocycles. The lowest BCUT2D eigenvalue weighted by Crippen LogP contribution is -2.02. The van der Waals surface area contributed by atoms with Crippen molar-refractivity contribution in [3.63, 3.8) is 0 Å². The predicted molar refractivity (Wildman–Crippen MR) is 95.5 cm³/mol. The lowest BCUT2D eigenvalue weighted by Gasteiger charge is -2.04. The Labute approximate surface area is 145 Å². The summed E-state index contributed by atoms with van der Waals surface area (Å²) in [6.45, 7) is 0. The minimum Gasteiger partial charge on any atom is -0.508 e. The number of hydrogen-bond donors (Lipinski definition) is 2. The third-order valence-electron chi connectivity index (χ3n) is 3.37. The Bertz CT molecular complexity index is 816. The SMILES string of the molecule is COc1ccc(O)cc1/C=C/C(=O)CC(=O)/C=C/c1ccc(O)cc1. The van der Waals surface area contributed by atoms with E-state index in [2.05, 4.69) is 0 Å². The monoisotopic (exact) mass is 338 g/mol. The molecule has 2 rings (SSSR count). The van der Waals surface area contributed by atoms with E-state index in [1.165, 1.54) is 49.6 Å². The topological polar surface area (TPSA) is 83.8 Å². The van der Waals surface area contributed by atoms with E-state index in [0.717, 1.165) is 5.56 Å². The van der Waals surface area contributed by atoms with Crippen LogP contribution < -0.4 is 4.74 Å². The van der Waals surface area contributed by atoms with E-state index in [9.17, 15) is 19.8 Å². The molecule has 0 fully saturated rings. The largest absolute Gasteiger partial charge is 0.508 e. The van der Waals surface area contributed by atoms with Crippen LogP contribution in [0.25, 0.3) is 12.2 Å². The quantitative estimate of drug-likeness (QED) is 0.597. The summed E-state index contributed by atoms with van der Waals surface area (Å²) in [5.74, 6) is 0.0312. The number of allylic oxidation sites excluding steroid dienone is 2. The summed E-state index contributed by atoms with van der Waals surface area (Å²) in [5, 5.41) is 18.7. The molecule has 0 aliphatic heterocycles. The van der Waals surface area contributed by atoms with Gasteiger partial charge in [-0.3, -0.25) is 9.59 Å². The number of benzene rings is 2. The van der Waals surface area contributed by atoms with E-state index >= 15 is 0 Å². The fourth-order valence-corrected chi connectivity index (χ4v) is 2.10. The fraction of sp³-hybridized carbons (Fsp3) is 0.100. The number of aromatic hydroxyl groups is 2. The van der Waals surface area contributed by atoms with Crippen molar-refractivity contribution in [3.05, 3.63) is 65.7 Å². The molecule has 0 unspecified atom stereocenters. The Balaban J connectivity index is 1.96. The second kappa shape index (κ2) is 8.49. The van der Waals surface area contributed by atoms with Crippen LogP contribution in [0.5, 0.6) is 17.2 Å². The Morgan fingerprint density at radius 1 is 0.920 bits per heavy atom. The van der Waals surface area contributed by atoms with Crippen molar-refractivity contribution in [1.82, 2.24) is 0 Å². The Hall–Kier alpha value is -3.34. The first-order valence-corrected chi connectivity index (χ1v) is 7.56. The van der Waals surface area contributed by atoms with Crippen LogP contribution in [0.4, 0.5) is 0 Å². The molecule has 5 nitrogen and oxygen atoms in total. The van der Waals surface area contributed by atoms with E-state index in [-0.39, 0.29) is 29.5 Å². The van der Waals surface area contributed by atoms with Crippen LogP contribution in [0.1, 0.15) is 17.5 Å². The van der Waals surface area contributed by atoms with Gasteiger partial charge in [-0.05, 0) is 54.1 Å². The van der Waals surface area contributed by atoms with E-state index in [4.69, 9.17) is 4.74 Å². The van der Waals surface area contributed by atoms with Crippen LogP contribution in [0, 0.1) is 0 Å². The summed E-state index contributed by atoms with van der Waals surface area (Å²) < 4.78 is 5.14. The molecule has 2 aromatic rings. The summed E-state index contributed by atoms with van der Waals surface area (Å²) in [4.78, 5) is 23.7. The first-order chi connectivity index (χ1) is 12.0. The highest BCUT2D eigenvalue weighted by atomic mass is 16.5. The first-order valence-electron chi connectivity index (χ1n) is 7.56. The molecule has 0 aromatic heterocycles. The molecule has 0 saturated heterocycles. The number of carbonyl (C=O) groups excluding carboxylic acids is 2. The van der Waals surface area contributed by atoms with Crippen molar-refractivity contribution in [2.24, 2.45) is 0 Å². The smallest absolute Gasteiger partial charge is 0.163 e.